The van der Waals surface area contributed by atoms with Gasteiger partial charge in [-0.1, -0.05) is 24.3 Å². The first kappa shape index (κ1) is 21.4. The molecule has 0 radical (unpaired) electrons. The van der Waals surface area contributed by atoms with Gasteiger partial charge in [0.1, 0.15) is 22.9 Å². The minimum absolute atomic E-state index is 0.192. The highest BCUT2D eigenvalue weighted by molar-refractivity contribution is 5.95. The van der Waals surface area contributed by atoms with E-state index in [0.717, 1.165) is 22.0 Å². The van der Waals surface area contributed by atoms with Crippen LogP contribution in [0.1, 0.15) is 37.7 Å². The zero-order chi connectivity index (χ0) is 23.7. The van der Waals surface area contributed by atoms with Crippen LogP contribution in [0.2, 0.25) is 0 Å². The molecule has 2 amide bonds. The van der Waals surface area contributed by atoms with Crippen LogP contribution in [-0.2, 0) is 13.1 Å². The summed E-state index contributed by atoms with van der Waals surface area (Å²) in [5.74, 6) is -0.936. The quantitative estimate of drug-likeness (QED) is 0.360. The van der Waals surface area contributed by atoms with Crippen LogP contribution in [0.15, 0.2) is 73.1 Å². The van der Waals surface area contributed by atoms with Crippen LogP contribution in [0.25, 0.3) is 16.6 Å². The van der Waals surface area contributed by atoms with Crippen molar-refractivity contribution in [2.45, 2.75) is 20.0 Å². The number of hydrogen-bond acceptors (Lipinski definition) is 3. The number of rotatable bonds is 6. The van der Waals surface area contributed by atoms with E-state index in [1.54, 1.807) is 47.9 Å². The van der Waals surface area contributed by atoms with Gasteiger partial charge in [-0.25, -0.2) is 9.37 Å². The number of carbonyl (C=O) groups excluding carboxylic acids is 2. The van der Waals surface area contributed by atoms with E-state index in [0.29, 0.717) is 23.4 Å². The lowest BCUT2D eigenvalue weighted by Crippen LogP contribution is -2.25. The molecule has 0 aliphatic heterocycles. The summed E-state index contributed by atoms with van der Waals surface area (Å²) in [5.41, 5.74) is 4.38. The van der Waals surface area contributed by atoms with E-state index in [9.17, 15) is 14.0 Å². The summed E-state index contributed by atoms with van der Waals surface area (Å²) in [6.45, 7) is 2.29. The Hall–Kier alpha value is -4.46. The smallest absolute Gasteiger partial charge is 0.271 e. The number of amides is 2. The highest BCUT2D eigenvalue weighted by Crippen LogP contribution is 2.15. The van der Waals surface area contributed by atoms with E-state index in [1.165, 1.54) is 6.07 Å². The van der Waals surface area contributed by atoms with Crippen LogP contribution >= 0.6 is 0 Å². The number of halogens is 1. The minimum Gasteiger partial charge on any atom is -0.361 e. The molecule has 3 heterocycles. The average molecular weight is 455 g/mol. The molecular formula is C26H22FN5O2. The largest absolute Gasteiger partial charge is 0.361 e. The van der Waals surface area contributed by atoms with E-state index < -0.39 is 0 Å². The van der Waals surface area contributed by atoms with E-state index >= 15 is 0 Å². The summed E-state index contributed by atoms with van der Waals surface area (Å²) in [7, 11) is 0. The average Bonchev–Trinajstić information content (AvgIpc) is 3.49. The number of H-pyrrole nitrogens is 1. The molecule has 0 bridgehead atoms. The summed E-state index contributed by atoms with van der Waals surface area (Å²) < 4.78 is 15.0. The number of hydrogen-bond donors (Lipinski definition) is 3. The lowest BCUT2D eigenvalue weighted by atomic mass is 10.1. The Morgan fingerprint density at radius 3 is 2.56 bits per heavy atom. The van der Waals surface area contributed by atoms with Crippen molar-refractivity contribution >= 4 is 28.4 Å². The Balaban J connectivity index is 1.29. The van der Waals surface area contributed by atoms with Crippen LogP contribution in [0.3, 0.4) is 0 Å². The summed E-state index contributed by atoms with van der Waals surface area (Å²) in [4.78, 5) is 33.1. The van der Waals surface area contributed by atoms with E-state index in [1.807, 2.05) is 30.5 Å². The number of nitrogens with zero attached hydrogens (tertiary/aromatic N) is 2. The molecule has 170 valence electrons. The van der Waals surface area contributed by atoms with Gasteiger partial charge in [0.15, 0.2) is 0 Å². The first-order chi connectivity index (χ1) is 16.5. The maximum absolute atomic E-state index is 13.4. The fraction of sp³-hybridized carbons (Fsp3) is 0.115. The van der Waals surface area contributed by atoms with Crippen LogP contribution in [0.4, 0.5) is 4.39 Å². The Bertz CT molecular complexity index is 1540. The third-order valence-corrected chi connectivity index (χ3v) is 5.70. The molecule has 5 rings (SSSR count). The molecule has 0 atom stereocenters. The molecule has 0 unspecified atom stereocenters. The molecular weight excluding hydrogens is 433 g/mol. The Kier molecular flexibility index (Phi) is 5.55. The van der Waals surface area contributed by atoms with Gasteiger partial charge in [-0.2, -0.15) is 0 Å². The van der Waals surface area contributed by atoms with E-state index in [2.05, 4.69) is 20.6 Å². The van der Waals surface area contributed by atoms with Gasteiger partial charge in [0.2, 0.25) is 0 Å². The normalized spacial score (nSPS) is 11.1. The zero-order valence-electron chi connectivity index (χ0n) is 18.4. The molecule has 3 N–H and O–H groups in total. The van der Waals surface area contributed by atoms with Crippen molar-refractivity contribution in [1.82, 2.24) is 25.0 Å². The van der Waals surface area contributed by atoms with Gasteiger partial charge < -0.3 is 15.6 Å². The second-order valence-corrected chi connectivity index (χ2v) is 8.11. The molecule has 7 nitrogen and oxygen atoms in total. The first-order valence-electron chi connectivity index (χ1n) is 10.8. The fourth-order valence-electron chi connectivity index (χ4n) is 3.88. The maximum atomic E-state index is 13.4. The van der Waals surface area contributed by atoms with Crippen molar-refractivity contribution in [2.24, 2.45) is 0 Å². The molecule has 0 fully saturated rings. The van der Waals surface area contributed by atoms with Gasteiger partial charge in [0.25, 0.3) is 11.8 Å². The van der Waals surface area contributed by atoms with Crippen molar-refractivity contribution in [1.29, 1.82) is 0 Å². The summed E-state index contributed by atoms with van der Waals surface area (Å²) in [6.07, 6.45) is 3.42. The van der Waals surface area contributed by atoms with Crippen molar-refractivity contribution in [3.8, 4) is 0 Å². The highest BCUT2D eigenvalue weighted by atomic mass is 19.1. The van der Waals surface area contributed by atoms with E-state index in [4.69, 9.17) is 0 Å². The third kappa shape index (κ3) is 4.25. The highest BCUT2D eigenvalue weighted by Gasteiger charge is 2.16. The second-order valence-electron chi connectivity index (χ2n) is 8.11. The minimum atomic E-state index is -0.378. The number of fused-ring (bicyclic) bond motifs is 2. The predicted molar refractivity (Wildman–Crippen MR) is 127 cm³/mol. The summed E-state index contributed by atoms with van der Waals surface area (Å²) in [6, 6.07) is 17.8. The zero-order valence-corrected chi connectivity index (χ0v) is 18.4. The van der Waals surface area contributed by atoms with Gasteiger partial charge >= 0.3 is 0 Å². The van der Waals surface area contributed by atoms with Crippen molar-refractivity contribution < 1.29 is 14.0 Å². The Morgan fingerprint density at radius 1 is 0.971 bits per heavy atom. The van der Waals surface area contributed by atoms with Crippen LogP contribution in [0.5, 0.6) is 0 Å². The second kappa shape index (κ2) is 8.82. The Morgan fingerprint density at radius 2 is 1.74 bits per heavy atom. The molecule has 0 saturated carbocycles. The fourth-order valence-corrected chi connectivity index (χ4v) is 3.88. The number of aromatic amines is 1. The molecule has 0 spiro atoms. The number of benzene rings is 2. The lowest BCUT2D eigenvalue weighted by molar-refractivity contribution is 0.0935. The molecule has 0 aliphatic rings. The maximum Gasteiger partial charge on any atom is 0.271 e. The SMILES string of the molecule is Cc1cc(CNC(=O)c2cn3c(C(=O)NCc4ccc5[nH]ccc5c4)cccc3n2)ccc1F. The van der Waals surface area contributed by atoms with Crippen molar-refractivity contribution in [3.05, 3.63) is 107 Å². The monoisotopic (exact) mass is 455 g/mol. The molecule has 34 heavy (non-hydrogen) atoms. The van der Waals surface area contributed by atoms with Crippen LogP contribution < -0.4 is 10.6 Å². The topological polar surface area (TPSA) is 91.3 Å². The third-order valence-electron chi connectivity index (χ3n) is 5.70. The lowest BCUT2D eigenvalue weighted by Gasteiger charge is -2.07. The number of aryl methyl sites for hydroxylation is 1. The molecule has 0 saturated heterocycles. The molecule has 0 aliphatic carbocycles. The standard InChI is InChI=1S/C26H22FN5O2/c1-16-11-17(5-7-20(16)27)13-29-25(33)22-15-32-23(3-2-4-24(32)31-22)26(34)30-14-18-6-8-21-19(12-18)9-10-28-21/h2-12,15,28H,13-14H2,1H3,(H,29,33)(H,30,34). The molecule has 5 aromatic rings. The number of imidazole rings is 1. The van der Waals surface area contributed by atoms with Crippen LogP contribution in [-0.4, -0.2) is 26.2 Å². The number of nitrogens with one attached hydrogen (secondary N) is 3. The first-order valence-corrected chi connectivity index (χ1v) is 10.8. The number of carbonyl (C=O) groups is 2. The number of pyridine rings is 1. The Labute approximate surface area is 194 Å². The summed E-state index contributed by atoms with van der Waals surface area (Å²) >= 11 is 0. The van der Waals surface area contributed by atoms with Gasteiger partial charge in [-0.3, -0.25) is 14.0 Å². The molecule has 2 aromatic carbocycles. The van der Waals surface area contributed by atoms with Crippen molar-refractivity contribution in [3.63, 3.8) is 0 Å². The van der Waals surface area contributed by atoms with Gasteiger partial charge in [0, 0.05) is 31.0 Å². The summed E-state index contributed by atoms with van der Waals surface area (Å²) in [5, 5.41) is 6.80. The number of aromatic nitrogens is 3. The predicted octanol–water partition coefficient (Wildman–Crippen LogP) is 4.12. The van der Waals surface area contributed by atoms with Gasteiger partial charge in [0.05, 0.1) is 0 Å². The molecule has 3 aromatic heterocycles. The van der Waals surface area contributed by atoms with Crippen LogP contribution in [0, 0.1) is 12.7 Å². The van der Waals surface area contributed by atoms with Crippen molar-refractivity contribution in [2.75, 3.05) is 0 Å². The van der Waals surface area contributed by atoms with Gasteiger partial charge in [-0.15, -0.1) is 0 Å². The molecule has 8 heteroatoms. The van der Waals surface area contributed by atoms with E-state index in [-0.39, 0.29) is 29.9 Å². The van der Waals surface area contributed by atoms with Gasteiger partial charge in [-0.05, 0) is 65.4 Å².